The van der Waals surface area contributed by atoms with Crippen LogP contribution in [-0.2, 0) is 11.4 Å². The lowest BCUT2D eigenvalue weighted by Crippen LogP contribution is -2.23. The molecule has 0 spiro atoms. The van der Waals surface area contributed by atoms with E-state index in [1.807, 2.05) is 54.6 Å². The van der Waals surface area contributed by atoms with Crippen LogP contribution in [0.2, 0.25) is 10.0 Å². The van der Waals surface area contributed by atoms with E-state index >= 15 is 0 Å². The maximum atomic E-state index is 12.9. The Bertz CT molecular complexity index is 1540. The second-order valence-corrected chi connectivity index (χ2v) is 8.90. The summed E-state index contributed by atoms with van der Waals surface area (Å²) >= 11 is 12.5. The van der Waals surface area contributed by atoms with Gasteiger partial charge in [0.2, 0.25) is 11.8 Å². The monoisotopic (exact) mass is 530 g/mol. The summed E-state index contributed by atoms with van der Waals surface area (Å²) in [4.78, 5) is 22.7. The van der Waals surface area contributed by atoms with Crippen LogP contribution in [0.1, 0.15) is 12.5 Å². The predicted octanol–water partition coefficient (Wildman–Crippen LogP) is 7.37. The molecule has 5 rings (SSSR count). The number of hydrogen-bond donors (Lipinski definition) is 0. The van der Waals surface area contributed by atoms with Crippen molar-refractivity contribution >= 4 is 40.7 Å². The molecule has 9 heteroatoms. The number of ether oxygens (including phenoxy) is 1. The van der Waals surface area contributed by atoms with Gasteiger partial charge in [-0.25, -0.2) is 14.9 Å². The van der Waals surface area contributed by atoms with Gasteiger partial charge in [0, 0.05) is 23.7 Å². The number of anilines is 2. The van der Waals surface area contributed by atoms with Crippen molar-refractivity contribution in [3.05, 3.63) is 107 Å². The van der Waals surface area contributed by atoms with Crippen LogP contribution in [0.3, 0.4) is 0 Å². The summed E-state index contributed by atoms with van der Waals surface area (Å²) in [7, 11) is 0. The fourth-order valence-corrected chi connectivity index (χ4v) is 4.35. The third kappa shape index (κ3) is 5.33. The molecular weight excluding hydrogens is 511 g/mol. The Morgan fingerprint density at radius 1 is 1.00 bits per heavy atom. The Labute approximate surface area is 223 Å². The number of hydrogen-bond acceptors (Lipinski definition) is 6. The number of halogens is 2. The quantitative estimate of drug-likeness (QED) is 0.218. The van der Waals surface area contributed by atoms with Gasteiger partial charge in [-0.15, -0.1) is 0 Å². The molecular formula is C28H20Cl2N4O3. The van der Waals surface area contributed by atoms with E-state index in [0.717, 1.165) is 11.1 Å². The van der Waals surface area contributed by atoms with Gasteiger partial charge in [-0.2, -0.15) is 0 Å². The number of rotatable bonds is 7. The van der Waals surface area contributed by atoms with Crippen molar-refractivity contribution in [3.63, 3.8) is 0 Å². The molecule has 0 saturated carbocycles. The smallest absolute Gasteiger partial charge is 0.248 e. The Morgan fingerprint density at radius 3 is 2.57 bits per heavy atom. The lowest BCUT2D eigenvalue weighted by Gasteiger charge is -2.20. The molecule has 0 aliphatic heterocycles. The predicted molar refractivity (Wildman–Crippen MR) is 143 cm³/mol. The van der Waals surface area contributed by atoms with Crippen molar-refractivity contribution in [1.29, 1.82) is 0 Å². The molecule has 0 saturated heterocycles. The van der Waals surface area contributed by atoms with Crippen LogP contribution in [0.15, 0.2) is 95.9 Å². The van der Waals surface area contributed by atoms with Crippen LogP contribution in [0.25, 0.3) is 22.5 Å². The van der Waals surface area contributed by atoms with Crippen molar-refractivity contribution < 1.29 is 14.1 Å². The highest BCUT2D eigenvalue weighted by molar-refractivity contribution is 6.37. The van der Waals surface area contributed by atoms with Gasteiger partial charge < -0.3 is 9.26 Å². The molecule has 7 nitrogen and oxygen atoms in total. The SMILES string of the molecule is CC(=O)N(c1ccc(Cl)cc1Cl)c1onc(-c2cccc(OCc3ccccc3)c2)c1-c1ccncn1. The molecule has 0 atom stereocenters. The van der Waals surface area contributed by atoms with Crippen molar-refractivity contribution in [2.75, 3.05) is 4.90 Å². The standard InChI is InChI=1S/C28H20Cl2N4O3/c1-18(35)34(25-11-10-21(29)15-23(25)30)28-26(24-12-13-31-17-32-24)27(33-37-28)20-8-5-9-22(14-20)36-16-19-6-3-2-4-7-19/h2-15,17H,16H2,1H3. The largest absolute Gasteiger partial charge is 0.489 e. The first-order valence-corrected chi connectivity index (χ1v) is 12.1. The van der Waals surface area contributed by atoms with E-state index in [0.29, 0.717) is 40.0 Å². The van der Waals surface area contributed by atoms with Crippen LogP contribution in [0, 0.1) is 0 Å². The normalized spacial score (nSPS) is 10.8. The molecule has 0 fully saturated rings. The summed E-state index contributed by atoms with van der Waals surface area (Å²) < 4.78 is 11.8. The van der Waals surface area contributed by atoms with Crippen LogP contribution >= 0.6 is 23.2 Å². The summed E-state index contributed by atoms with van der Waals surface area (Å²) in [5.74, 6) is 0.493. The van der Waals surface area contributed by atoms with Gasteiger partial charge in [0.15, 0.2) is 0 Å². The molecule has 1 amide bonds. The molecule has 0 bridgehead atoms. The van der Waals surface area contributed by atoms with E-state index in [1.54, 1.807) is 30.5 Å². The minimum atomic E-state index is -0.331. The molecule has 5 aromatic rings. The Kier molecular flexibility index (Phi) is 7.16. The van der Waals surface area contributed by atoms with E-state index in [-0.39, 0.29) is 16.8 Å². The topological polar surface area (TPSA) is 81.4 Å². The van der Waals surface area contributed by atoms with Crippen LogP contribution in [0.4, 0.5) is 11.6 Å². The molecule has 3 aromatic carbocycles. The summed E-state index contributed by atoms with van der Waals surface area (Å²) in [5.41, 5.74) is 3.68. The minimum Gasteiger partial charge on any atom is -0.489 e. The van der Waals surface area contributed by atoms with E-state index in [1.165, 1.54) is 18.2 Å². The van der Waals surface area contributed by atoms with Crippen LogP contribution in [0.5, 0.6) is 5.75 Å². The highest BCUT2D eigenvalue weighted by atomic mass is 35.5. The molecule has 0 unspecified atom stereocenters. The maximum Gasteiger partial charge on any atom is 0.248 e. The van der Waals surface area contributed by atoms with Crippen molar-refractivity contribution in [1.82, 2.24) is 15.1 Å². The molecule has 184 valence electrons. The van der Waals surface area contributed by atoms with Gasteiger partial charge in [-0.05, 0) is 42.0 Å². The van der Waals surface area contributed by atoms with Crippen LogP contribution < -0.4 is 9.64 Å². The average Bonchev–Trinajstić information content (AvgIpc) is 3.35. The van der Waals surface area contributed by atoms with Gasteiger partial charge in [-0.1, -0.05) is 70.8 Å². The highest BCUT2D eigenvalue weighted by Crippen LogP contribution is 2.43. The van der Waals surface area contributed by atoms with Gasteiger partial charge >= 0.3 is 0 Å². The highest BCUT2D eigenvalue weighted by Gasteiger charge is 2.29. The van der Waals surface area contributed by atoms with Crippen LogP contribution in [-0.4, -0.2) is 21.0 Å². The number of nitrogens with zero attached hydrogens (tertiary/aromatic N) is 4. The molecule has 0 aliphatic rings. The zero-order valence-electron chi connectivity index (χ0n) is 19.6. The Balaban J connectivity index is 1.60. The van der Waals surface area contributed by atoms with Crippen molar-refractivity contribution in [2.24, 2.45) is 0 Å². The lowest BCUT2D eigenvalue weighted by atomic mass is 10.0. The average molecular weight is 531 g/mol. The number of amides is 1. The van der Waals surface area contributed by atoms with Gasteiger partial charge in [-0.3, -0.25) is 4.79 Å². The zero-order valence-corrected chi connectivity index (χ0v) is 21.1. The number of carbonyl (C=O) groups excluding carboxylic acids is 1. The molecule has 0 radical (unpaired) electrons. The zero-order chi connectivity index (χ0) is 25.8. The molecule has 2 heterocycles. The molecule has 0 N–H and O–H groups in total. The fourth-order valence-electron chi connectivity index (χ4n) is 3.86. The van der Waals surface area contributed by atoms with Gasteiger partial charge in [0.1, 0.15) is 24.4 Å². The first kappa shape index (κ1) is 24.5. The third-order valence-corrected chi connectivity index (χ3v) is 6.07. The summed E-state index contributed by atoms with van der Waals surface area (Å²) in [6.45, 7) is 1.83. The minimum absolute atomic E-state index is 0.168. The van der Waals surface area contributed by atoms with Crippen molar-refractivity contribution in [2.45, 2.75) is 13.5 Å². The van der Waals surface area contributed by atoms with E-state index in [2.05, 4.69) is 15.1 Å². The van der Waals surface area contributed by atoms with E-state index in [9.17, 15) is 4.79 Å². The maximum absolute atomic E-state index is 12.9. The first-order chi connectivity index (χ1) is 18.0. The van der Waals surface area contributed by atoms with E-state index < -0.39 is 0 Å². The van der Waals surface area contributed by atoms with E-state index in [4.69, 9.17) is 32.5 Å². The third-order valence-electron chi connectivity index (χ3n) is 5.54. The molecule has 2 aromatic heterocycles. The first-order valence-electron chi connectivity index (χ1n) is 11.3. The number of benzene rings is 3. The van der Waals surface area contributed by atoms with Gasteiger partial charge in [0.05, 0.1) is 22.0 Å². The molecule has 0 aliphatic carbocycles. The summed E-state index contributed by atoms with van der Waals surface area (Å²) in [6, 6.07) is 23.9. The van der Waals surface area contributed by atoms with Crippen molar-refractivity contribution in [3.8, 4) is 28.3 Å². The second kappa shape index (κ2) is 10.8. The fraction of sp³-hybridized carbons (Fsp3) is 0.0714. The lowest BCUT2D eigenvalue weighted by molar-refractivity contribution is -0.116. The Hall–Kier alpha value is -4.20. The summed E-state index contributed by atoms with van der Waals surface area (Å²) in [6.07, 6.45) is 3.03. The Morgan fingerprint density at radius 2 is 1.84 bits per heavy atom. The number of carbonyl (C=O) groups is 1. The molecule has 37 heavy (non-hydrogen) atoms. The van der Waals surface area contributed by atoms with Gasteiger partial charge in [0.25, 0.3) is 0 Å². The number of aromatic nitrogens is 3. The summed E-state index contributed by atoms with van der Waals surface area (Å²) in [5, 5.41) is 5.07. The second-order valence-electron chi connectivity index (χ2n) is 8.06.